The highest BCUT2D eigenvalue weighted by Crippen LogP contribution is 2.33. The van der Waals surface area contributed by atoms with Gasteiger partial charge >= 0.3 is 0 Å². The van der Waals surface area contributed by atoms with Crippen LogP contribution in [0.4, 0.5) is 0 Å². The molecule has 5 nitrogen and oxygen atoms in total. The maximum Gasteiger partial charge on any atom is 0.151 e. The van der Waals surface area contributed by atoms with Crippen LogP contribution in [0, 0.1) is 5.92 Å². The molecule has 6 heteroatoms. The van der Waals surface area contributed by atoms with E-state index in [0.717, 1.165) is 26.1 Å². The van der Waals surface area contributed by atoms with Gasteiger partial charge in [-0.05, 0) is 26.8 Å². The number of hydrogen-bond acceptors (Lipinski definition) is 5. The van der Waals surface area contributed by atoms with Crippen molar-refractivity contribution in [1.29, 1.82) is 0 Å². The van der Waals surface area contributed by atoms with Crippen LogP contribution in [0.15, 0.2) is 0 Å². The van der Waals surface area contributed by atoms with Crippen LogP contribution < -0.4 is 5.73 Å². The van der Waals surface area contributed by atoms with E-state index >= 15 is 0 Å². The maximum atomic E-state index is 11.6. The quantitative estimate of drug-likeness (QED) is 0.774. The molecule has 2 N–H and O–H groups in total. The Hall–Kier alpha value is -0.170. The number of hydrogen-bond donors (Lipinski definition) is 1. The lowest BCUT2D eigenvalue weighted by atomic mass is 9.82. The van der Waals surface area contributed by atoms with Crippen molar-refractivity contribution in [2.24, 2.45) is 11.7 Å². The summed E-state index contributed by atoms with van der Waals surface area (Å²) in [4.78, 5) is 2.19. The minimum absolute atomic E-state index is 0.101. The topological polar surface area (TPSA) is 72.6 Å². The van der Waals surface area contributed by atoms with Gasteiger partial charge in [-0.3, -0.25) is 4.90 Å². The molecule has 0 aromatic carbocycles. The second kappa shape index (κ2) is 5.07. The predicted octanol–water partition coefficient (Wildman–Crippen LogP) is -0.141. The van der Waals surface area contributed by atoms with Gasteiger partial charge in [0, 0.05) is 30.7 Å². The Labute approximate surface area is 110 Å². The Morgan fingerprint density at radius 1 is 1.44 bits per heavy atom. The van der Waals surface area contributed by atoms with Gasteiger partial charge in [0.25, 0.3) is 0 Å². The van der Waals surface area contributed by atoms with Gasteiger partial charge < -0.3 is 10.5 Å². The average Bonchev–Trinajstić information content (AvgIpc) is 2.96. The Bertz CT molecular complexity index is 392. The summed E-state index contributed by atoms with van der Waals surface area (Å²) in [6.45, 7) is 4.19. The number of sulfone groups is 1. The fourth-order valence-corrected chi connectivity index (χ4v) is 4.90. The third-order valence-electron chi connectivity index (χ3n) is 4.78. The fourth-order valence-electron chi connectivity index (χ4n) is 3.12. The lowest BCUT2D eigenvalue weighted by Crippen LogP contribution is -2.58. The Balaban J connectivity index is 2.12. The normalized spacial score (nSPS) is 34.9. The van der Waals surface area contributed by atoms with Crippen LogP contribution in [0.25, 0.3) is 0 Å². The molecule has 0 spiro atoms. The summed E-state index contributed by atoms with van der Waals surface area (Å²) in [6, 6.07) is 0.101. The van der Waals surface area contributed by atoms with Crippen LogP contribution in [-0.4, -0.2) is 63.2 Å². The molecule has 2 aliphatic rings. The van der Waals surface area contributed by atoms with Crippen molar-refractivity contribution in [1.82, 2.24) is 4.90 Å². The van der Waals surface area contributed by atoms with E-state index in [1.54, 1.807) is 0 Å². The molecular weight excluding hydrogens is 252 g/mol. The minimum atomic E-state index is -2.85. The van der Waals surface area contributed by atoms with E-state index in [0.29, 0.717) is 18.2 Å². The molecule has 3 atom stereocenters. The molecule has 0 bridgehead atoms. The molecule has 0 radical (unpaired) electrons. The van der Waals surface area contributed by atoms with Crippen LogP contribution in [-0.2, 0) is 14.6 Å². The monoisotopic (exact) mass is 276 g/mol. The fraction of sp³-hybridized carbons (Fsp3) is 1.00. The number of likely N-dealkylation sites (N-methyl/N-ethyl adjacent to an activating group) is 1. The van der Waals surface area contributed by atoms with Gasteiger partial charge in [0.1, 0.15) is 0 Å². The van der Waals surface area contributed by atoms with Crippen LogP contribution in [0.3, 0.4) is 0 Å². The molecule has 2 aliphatic heterocycles. The van der Waals surface area contributed by atoms with E-state index in [1.807, 2.05) is 7.05 Å². The summed E-state index contributed by atoms with van der Waals surface area (Å²) in [6.07, 6.45) is 1.74. The molecule has 2 fully saturated rings. The molecule has 106 valence electrons. The smallest absolute Gasteiger partial charge is 0.151 e. The van der Waals surface area contributed by atoms with Crippen molar-refractivity contribution in [3.63, 3.8) is 0 Å². The Kier molecular flexibility index (Phi) is 4.02. The van der Waals surface area contributed by atoms with E-state index in [-0.39, 0.29) is 17.3 Å². The summed E-state index contributed by atoms with van der Waals surface area (Å²) < 4.78 is 28.7. The van der Waals surface area contributed by atoms with Crippen LogP contribution >= 0.6 is 0 Å². The number of nitrogens with zero attached hydrogens (tertiary/aromatic N) is 1. The van der Waals surface area contributed by atoms with Gasteiger partial charge in [-0.2, -0.15) is 0 Å². The lowest BCUT2D eigenvalue weighted by molar-refractivity contribution is 0.0408. The molecule has 0 aromatic rings. The third-order valence-corrected chi connectivity index (χ3v) is 6.53. The second-order valence-electron chi connectivity index (χ2n) is 5.79. The van der Waals surface area contributed by atoms with Crippen LogP contribution in [0.1, 0.15) is 19.8 Å². The number of ether oxygens (including phenoxy) is 1. The first-order valence-corrected chi connectivity index (χ1v) is 8.42. The van der Waals surface area contributed by atoms with Crippen molar-refractivity contribution in [3.8, 4) is 0 Å². The van der Waals surface area contributed by atoms with E-state index in [9.17, 15) is 8.42 Å². The Morgan fingerprint density at radius 3 is 2.61 bits per heavy atom. The molecule has 2 rings (SSSR count). The number of nitrogens with two attached hydrogens (primary N) is 1. The standard InChI is InChI=1S/C12H24N2O3S/c1-12(9-13,10-3-5-17-7-10)14(2)11-4-6-18(15,16)8-11/h10-11H,3-9,13H2,1-2H3. The first-order chi connectivity index (χ1) is 8.39. The van der Waals surface area contributed by atoms with Crippen molar-refractivity contribution in [2.75, 3.05) is 38.3 Å². The highest BCUT2D eigenvalue weighted by molar-refractivity contribution is 7.91. The average molecular weight is 276 g/mol. The maximum absolute atomic E-state index is 11.6. The van der Waals surface area contributed by atoms with Gasteiger partial charge in [-0.15, -0.1) is 0 Å². The molecule has 0 aliphatic carbocycles. The molecule has 0 amide bonds. The first-order valence-electron chi connectivity index (χ1n) is 6.60. The highest BCUT2D eigenvalue weighted by atomic mass is 32.2. The summed E-state index contributed by atoms with van der Waals surface area (Å²) in [5.74, 6) is 0.979. The van der Waals surface area contributed by atoms with Crippen molar-refractivity contribution < 1.29 is 13.2 Å². The highest BCUT2D eigenvalue weighted by Gasteiger charge is 2.44. The zero-order chi connectivity index (χ0) is 13.4. The first kappa shape index (κ1) is 14.2. The van der Waals surface area contributed by atoms with Gasteiger partial charge in [0.05, 0.1) is 18.1 Å². The van der Waals surface area contributed by atoms with E-state index in [4.69, 9.17) is 10.5 Å². The van der Waals surface area contributed by atoms with E-state index < -0.39 is 9.84 Å². The van der Waals surface area contributed by atoms with Gasteiger partial charge in [0.15, 0.2) is 9.84 Å². The molecule has 0 saturated carbocycles. The minimum Gasteiger partial charge on any atom is -0.381 e. The van der Waals surface area contributed by atoms with Crippen LogP contribution in [0.2, 0.25) is 0 Å². The largest absolute Gasteiger partial charge is 0.381 e. The molecule has 3 unspecified atom stereocenters. The zero-order valence-corrected chi connectivity index (χ0v) is 12.1. The molecule has 0 aromatic heterocycles. The number of rotatable bonds is 4. The van der Waals surface area contributed by atoms with Crippen molar-refractivity contribution >= 4 is 9.84 Å². The molecule has 2 heterocycles. The Morgan fingerprint density at radius 2 is 2.17 bits per heavy atom. The van der Waals surface area contributed by atoms with E-state index in [1.165, 1.54) is 0 Å². The summed E-state index contributed by atoms with van der Waals surface area (Å²) in [7, 11) is -0.836. The third kappa shape index (κ3) is 2.57. The summed E-state index contributed by atoms with van der Waals surface area (Å²) in [5.41, 5.74) is 5.81. The van der Waals surface area contributed by atoms with Crippen LogP contribution in [0.5, 0.6) is 0 Å². The molecular formula is C12H24N2O3S. The zero-order valence-electron chi connectivity index (χ0n) is 11.3. The van der Waals surface area contributed by atoms with Gasteiger partial charge in [-0.1, -0.05) is 0 Å². The predicted molar refractivity (Wildman–Crippen MR) is 71.2 cm³/mol. The molecule has 2 saturated heterocycles. The summed E-state index contributed by atoms with van der Waals surface area (Å²) in [5, 5.41) is 0. The molecule has 18 heavy (non-hydrogen) atoms. The second-order valence-corrected chi connectivity index (χ2v) is 8.02. The summed E-state index contributed by atoms with van der Waals surface area (Å²) >= 11 is 0. The van der Waals surface area contributed by atoms with Gasteiger partial charge in [0.2, 0.25) is 0 Å². The van der Waals surface area contributed by atoms with Crippen molar-refractivity contribution in [2.45, 2.75) is 31.3 Å². The SMILES string of the molecule is CN(C1CCS(=O)(=O)C1)C(C)(CN)C1CCOC1. The lowest BCUT2D eigenvalue weighted by Gasteiger charge is -2.45. The van der Waals surface area contributed by atoms with Crippen molar-refractivity contribution in [3.05, 3.63) is 0 Å². The van der Waals surface area contributed by atoms with E-state index in [2.05, 4.69) is 11.8 Å². The van der Waals surface area contributed by atoms with Gasteiger partial charge in [-0.25, -0.2) is 8.42 Å².